The summed E-state index contributed by atoms with van der Waals surface area (Å²) in [5.41, 5.74) is 3.14. The lowest BCUT2D eigenvalue weighted by Gasteiger charge is -1.97. The summed E-state index contributed by atoms with van der Waals surface area (Å²) in [6, 6.07) is 8.12. The van der Waals surface area contributed by atoms with Crippen LogP contribution in [-0.2, 0) is 18.3 Å². The van der Waals surface area contributed by atoms with Crippen molar-refractivity contribution in [1.82, 2.24) is 9.55 Å². The molecule has 1 aromatic carbocycles. The van der Waals surface area contributed by atoms with Crippen LogP contribution in [0.4, 0.5) is 0 Å². The monoisotopic (exact) mass is 244 g/mol. The van der Waals surface area contributed by atoms with Gasteiger partial charge in [0, 0.05) is 25.2 Å². The summed E-state index contributed by atoms with van der Waals surface area (Å²) in [4.78, 5) is 15.1. The van der Waals surface area contributed by atoms with Gasteiger partial charge >= 0.3 is 5.97 Å². The average molecular weight is 244 g/mol. The van der Waals surface area contributed by atoms with Crippen LogP contribution in [0.2, 0.25) is 0 Å². The first-order chi connectivity index (χ1) is 8.56. The van der Waals surface area contributed by atoms with E-state index in [1.165, 1.54) is 5.56 Å². The van der Waals surface area contributed by atoms with E-state index in [4.69, 9.17) is 5.11 Å². The summed E-state index contributed by atoms with van der Waals surface area (Å²) in [6.07, 6.45) is 2.50. The van der Waals surface area contributed by atoms with E-state index in [2.05, 4.69) is 11.1 Å². The van der Waals surface area contributed by atoms with E-state index in [0.717, 1.165) is 17.1 Å². The second-order valence-corrected chi connectivity index (χ2v) is 4.42. The van der Waals surface area contributed by atoms with Crippen LogP contribution in [0.25, 0.3) is 11.3 Å². The third-order valence-electron chi connectivity index (χ3n) is 2.85. The lowest BCUT2D eigenvalue weighted by Crippen LogP contribution is -2.02. The number of imidazole rings is 1. The zero-order valence-electron chi connectivity index (χ0n) is 10.6. The molecule has 0 amide bonds. The fourth-order valence-electron chi connectivity index (χ4n) is 1.90. The Morgan fingerprint density at radius 1 is 1.44 bits per heavy atom. The first-order valence-corrected chi connectivity index (χ1v) is 5.87. The Morgan fingerprint density at radius 2 is 2.22 bits per heavy atom. The molecule has 4 heteroatoms. The highest BCUT2D eigenvalue weighted by Crippen LogP contribution is 2.19. The Kier molecular flexibility index (Phi) is 3.46. The van der Waals surface area contributed by atoms with Crippen LogP contribution < -0.4 is 0 Å². The van der Waals surface area contributed by atoms with Crippen molar-refractivity contribution in [3.05, 3.63) is 41.9 Å². The van der Waals surface area contributed by atoms with Crippen LogP contribution in [0, 0.1) is 6.92 Å². The average Bonchev–Trinajstić information content (AvgIpc) is 2.68. The van der Waals surface area contributed by atoms with Crippen molar-refractivity contribution in [3.63, 3.8) is 0 Å². The van der Waals surface area contributed by atoms with Crippen molar-refractivity contribution in [2.75, 3.05) is 0 Å². The molecular weight excluding hydrogens is 228 g/mol. The second-order valence-electron chi connectivity index (χ2n) is 4.42. The molecule has 4 nitrogen and oxygen atoms in total. The smallest absolute Gasteiger partial charge is 0.303 e. The predicted molar refractivity (Wildman–Crippen MR) is 69.3 cm³/mol. The van der Waals surface area contributed by atoms with Crippen LogP contribution in [0.1, 0.15) is 17.8 Å². The van der Waals surface area contributed by atoms with Crippen molar-refractivity contribution >= 4 is 5.97 Å². The van der Waals surface area contributed by atoms with Gasteiger partial charge in [-0.1, -0.05) is 23.8 Å². The van der Waals surface area contributed by atoms with Gasteiger partial charge in [0.15, 0.2) is 0 Å². The van der Waals surface area contributed by atoms with E-state index in [-0.39, 0.29) is 6.42 Å². The molecule has 2 aromatic rings. The van der Waals surface area contributed by atoms with Gasteiger partial charge in [-0.15, -0.1) is 0 Å². The molecule has 0 saturated carbocycles. The summed E-state index contributed by atoms with van der Waals surface area (Å²) >= 11 is 0. The van der Waals surface area contributed by atoms with E-state index in [1.54, 1.807) is 0 Å². The van der Waals surface area contributed by atoms with Crippen LogP contribution in [-0.4, -0.2) is 20.6 Å². The predicted octanol–water partition coefficient (Wildman–Crippen LogP) is 2.41. The molecule has 0 bridgehead atoms. The van der Waals surface area contributed by atoms with Crippen molar-refractivity contribution in [3.8, 4) is 11.3 Å². The lowest BCUT2D eigenvalue weighted by atomic mass is 10.1. The summed E-state index contributed by atoms with van der Waals surface area (Å²) in [6.45, 7) is 2.04. The lowest BCUT2D eigenvalue weighted by molar-refractivity contribution is -0.137. The van der Waals surface area contributed by atoms with Crippen molar-refractivity contribution in [1.29, 1.82) is 0 Å². The Labute approximate surface area is 106 Å². The number of rotatable bonds is 4. The zero-order chi connectivity index (χ0) is 13.1. The number of hydrogen-bond acceptors (Lipinski definition) is 2. The van der Waals surface area contributed by atoms with Crippen molar-refractivity contribution in [2.24, 2.45) is 7.05 Å². The maximum absolute atomic E-state index is 10.6. The maximum atomic E-state index is 10.6. The first kappa shape index (κ1) is 12.4. The maximum Gasteiger partial charge on any atom is 0.303 e. The van der Waals surface area contributed by atoms with E-state index >= 15 is 0 Å². The van der Waals surface area contributed by atoms with Gasteiger partial charge in [0.25, 0.3) is 0 Å². The van der Waals surface area contributed by atoms with Crippen LogP contribution in [0.15, 0.2) is 30.5 Å². The fourth-order valence-corrected chi connectivity index (χ4v) is 1.90. The zero-order valence-corrected chi connectivity index (χ0v) is 10.6. The minimum Gasteiger partial charge on any atom is -0.481 e. The summed E-state index contributed by atoms with van der Waals surface area (Å²) in [5, 5.41) is 8.69. The van der Waals surface area contributed by atoms with E-state index < -0.39 is 5.97 Å². The van der Waals surface area contributed by atoms with E-state index in [1.807, 2.05) is 42.9 Å². The van der Waals surface area contributed by atoms with Crippen molar-refractivity contribution < 1.29 is 9.90 Å². The minimum absolute atomic E-state index is 0.109. The number of carboxylic acid groups (broad SMARTS) is 1. The molecule has 0 aliphatic rings. The molecule has 0 aliphatic heterocycles. The molecule has 1 heterocycles. The largest absolute Gasteiger partial charge is 0.481 e. The fraction of sp³-hybridized carbons (Fsp3) is 0.286. The normalized spacial score (nSPS) is 10.6. The van der Waals surface area contributed by atoms with Gasteiger partial charge in [-0.2, -0.15) is 0 Å². The Balaban J connectivity index is 2.25. The number of aliphatic carboxylic acids is 1. The Morgan fingerprint density at radius 3 is 2.89 bits per heavy atom. The highest BCUT2D eigenvalue weighted by Gasteiger charge is 2.08. The van der Waals surface area contributed by atoms with Gasteiger partial charge < -0.3 is 9.67 Å². The highest BCUT2D eigenvalue weighted by atomic mass is 16.4. The Bertz CT molecular complexity index is 573. The molecule has 0 atom stereocenters. The molecule has 1 aromatic heterocycles. The summed E-state index contributed by atoms with van der Waals surface area (Å²) < 4.78 is 1.89. The number of aromatic nitrogens is 2. The van der Waals surface area contributed by atoms with Gasteiger partial charge in [0.1, 0.15) is 5.82 Å². The molecule has 0 unspecified atom stereocenters. The Hall–Kier alpha value is -2.10. The number of benzene rings is 1. The molecule has 0 spiro atoms. The summed E-state index contributed by atoms with van der Waals surface area (Å²) in [5.74, 6) is 0.00371. The van der Waals surface area contributed by atoms with Crippen LogP contribution in [0.3, 0.4) is 0 Å². The number of hydrogen-bond donors (Lipinski definition) is 1. The molecule has 0 radical (unpaired) electrons. The first-order valence-electron chi connectivity index (χ1n) is 5.87. The minimum atomic E-state index is -0.796. The van der Waals surface area contributed by atoms with Gasteiger partial charge in [-0.3, -0.25) is 4.79 Å². The molecule has 2 rings (SSSR count). The topological polar surface area (TPSA) is 55.1 Å². The quantitative estimate of drug-likeness (QED) is 0.898. The molecular formula is C14H16N2O2. The summed E-state index contributed by atoms with van der Waals surface area (Å²) in [7, 11) is 1.89. The molecule has 18 heavy (non-hydrogen) atoms. The number of aryl methyl sites for hydroxylation is 3. The van der Waals surface area contributed by atoms with Gasteiger partial charge in [0.05, 0.1) is 12.1 Å². The molecule has 94 valence electrons. The third kappa shape index (κ3) is 2.77. The van der Waals surface area contributed by atoms with E-state index in [0.29, 0.717) is 6.42 Å². The SMILES string of the molecule is Cc1cccc(-c2cn(C)c(CCC(=O)O)n2)c1. The molecule has 1 N–H and O–H groups in total. The van der Waals surface area contributed by atoms with Crippen LogP contribution in [0.5, 0.6) is 0 Å². The highest BCUT2D eigenvalue weighted by molar-refractivity contribution is 5.67. The number of carboxylic acids is 1. The molecule has 0 saturated heterocycles. The van der Waals surface area contributed by atoms with Crippen LogP contribution >= 0.6 is 0 Å². The van der Waals surface area contributed by atoms with Crippen molar-refractivity contribution in [2.45, 2.75) is 19.8 Å². The third-order valence-corrected chi connectivity index (χ3v) is 2.85. The number of nitrogens with zero attached hydrogens (tertiary/aromatic N) is 2. The molecule has 0 aliphatic carbocycles. The second kappa shape index (κ2) is 5.04. The van der Waals surface area contributed by atoms with E-state index in [9.17, 15) is 4.79 Å². The van der Waals surface area contributed by atoms with Gasteiger partial charge in [-0.05, 0) is 13.0 Å². The van der Waals surface area contributed by atoms with Gasteiger partial charge in [0.2, 0.25) is 0 Å². The van der Waals surface area contributed by atoms with Gasteiger partial charge in [-0.25, -0.2) is 4.98 Å². The standard InChI is InChI=1S/C14H16N2O2/c1-10-4-3-5-11(8-10)12-9-16(2)13(15-12)6-7-14(17)18/h3-5,8-9H,6-7H2,1-2H3,(H,17,18). The molecule has 0 fully saturated rings. The number of carbonyl (C=O) groups is 1.